The molecule has 2 aromatic carbocycles. The fourth-order valence-electron chi connectivity index (χ4n) is 2.98. The van der Waals surface area contributed by atoms with E-state index < -0.39 is 11.7 Å². The highest BCUT2D eigenvalue weighted by atomic mass is 32.1. The minimum atomic E-state index is -0.565. The Kier molecular flexibility index (Phi) is 5.48. The minimum Gasteiger partial charge on any atom is -0.492 e. The molecule has 0 aliphatic carbocycles. The molecule has 0 bridgehead atoms. The monoisotopic (exact) mass is 407 g/mol. The molecule has 0 N–H and O–H groups in total. The second-order valence-electron chi connectivity index (χ2n) is 6.26. The summed E-state index contributed by atoms with van der Waals surface area (Å²) in [6, 6.07) is 15.3. The Morgan fingerprint density at radius 3 is 2.76 bits per heavy atom. The number of carbonyl (C=O) groups excluding carboxylic acids is 1. The van der Waals surface area contributed by atoms with Crippen LogP contribution in [0.25, 0.3) is 10.2 Å². The molecule has 0 aliphatic heterocycles. The van der Waals surface area contributed by atoms with Crippen LogP contribution in [0.4, 0.5) is 9.52 Å². The average molecular weight is 407 g/mol. The van der Waals surface area contributed by atoms with Gasteiger partial charge in [0.05, 0.1) is 23.4 Å². The summed E-state index contributed by atoms with van der Waals surface area (Å²) >= 11 is 1.36. The maximum atomic E-state index is 14.3. The van der Waals surface area contributed by atoms with Crippen LogP contribution in [0.5, 0.6) is 5.75 Å². The first-order chi connectivity index (χ1) is 14.2. The largest absolute Gasteiger partial charge is 0.492 e. The third-order valence-corrected chi connectivity index (χ3v) is 5.36. The lowest BCUT2D eigenvalue weighted by Gasteiger charge is -2.20. The lowest BCUT2D eigenvalue weighted by atomic mass is 10.1. The molecule has 0 fully saturated rings. The van der Waals surface area contributed by atoms with E-state index in [1.165, 1.54) is 28.4 Å². The molecule has 4 aromatic rings. The molecule has 0 saturated carbocycles. The maximum absolute atomic E-state index is 14.3. The standard InChI is InChI=1S/C22H18FN3O2S/c1-2-28-18-10-5-11-19-20(18)25-22(29-19)26(14-15-7-6-12-24-13-15)21(27)16-8-3-4-9-17(16)23/h3-13H,2,14H2,1H3. The van der Waals surface area contributed by atoms with Gasteiger partial charge in [0.1, 0.15) is 17.1 Å². The van der Waals surface area contributed by atoms with Gasteiger partial charge >= 0.3 is 0 Å². The third kappa shape index (κ3) is 3.95. The van der Waals surface area contributed by atoms with Crippen LogP contribution < -0.4 is 9.64 Å². The molecule has 0 radical (unpaired) electrons. The minimum absolute atomic E-state index is 0.000628. The van der Waals surface area contributed by atoms with Crippen molar-refractivity contribution in [3.63, 3.8) is 0 Å². The number of hydrogen-bond acceptors (Lipinski definition) is 5. The number of pyridine rings is 1. The van der Waals surface area contributed by atoms with Crippen molar-refractivity contribution in [1.29, 1.82) is 0 Å². The van der Waals surface area contributed by atoms with Gasteiger partial charge in [-0.15, -0.1) is 0 Å². The second-order valence-corrected chi connectivity index (χ2v) is 7.27. The molecule has 146 valence electrons. The Balaban J connectivity index is 1.80. The summed E-state index contributed by atoms with van der Waals surface area (Å²) < 4.78 is 20.9. The number of halogens is 1. The first-order valence-corrected chi connectivity index (χ1v) is 9.96. The molecule has 2 aromatic heterocycles. The Labute approximate surface area is 171 Å². The molecular formula is C22H18FN3O2S. The fourth-order valence-corrected chi connectivity index (χ4v) is 3.96. The summed E-state index contributed by atoms with van der Waals surface area (Å²) in [4.78, 5) is 23.5. The Morgan fingerprint density at radius 2 is 2.00 bits per heavy atom. The van der Waals surface area contributed by atoms with Crippen molar-refractivity contribution < 1.29 is 13.9 Å². The Hall–Kier alpha value is -3.32. The molecule has 29 heavy (non-hydrogen) atoms. The SMILES string of the molecule is CCOc1cccc2sc(N(Cc3cccnc3)C(=O)c3ccccc3F)nc12. The predicted molar refractivity (Wildman–Crippen MR) is 112 cm³/mol. The number of hydrogen-bond donors (Lipinski definition) is 0. The van der Waals surface area contributed by atoms with Crippen molar-refractivity contribution in [3.05, 3.63) is 83.9 Å². The number of para-hydroxylation sites is 1. The van der Waals surface area contributed by atoms with E-state index in [-0.39, 0.29) is 12.1 Å². The van der Waals surface area contributed by atoms with Gasteiger partial charge in [0.15, 0.2) is 5.13 Å². The number of rotatable bonds is 6. The molecular weight excluding hydrogens is 389 g/mol. The van der Waals surface area contributed by atoms with Gasteiger partial charge in [0.2, 0.25) is 0 Å². The predicted octanol–water partition coefficient (Wildman–Crippen LogP) is 5.08. The molecule has 0 unspecified atom stereocenters. The Morgan fingerprint density at radius 1 is 1.14 bits per heavy atom. The molecule has 1 amide bonds. The van der Waals surface area contributed by atoms with Crippen LogP contribution in [0.3, 0.4) is 0 Å². The van der Waals surface area contributed by atoms with E-state index >= 15 is 0 Å². The Bertz CT molecular complexity index is 1150. The van der Waals surface area contributed by atoms with Crippen LogP contribution in [0.15, 0.2) is 67.0 Å². The number of nitrogens with zero attached hydrogens (tertiary/aromatic N) is 3. The number of carbonyl (C=O) groups is 1. The van der Waals surface area contributed by atoms with Gasteiger partial charge in [-0.1, -0.05) is 35.6 Å². The summed E-state index contributed by atoms with van der Waals surface area (Å²) in [7, 11) is 0. The van der Waals surface area contributed by atoms with Crippen molar-refractivity contribution in [2.75, 3.05) is 11.5 Å². The van der Waals surface area contributed by atoms with E-state index in [2.05, 4.69) is 9.97 Å². The van der Waals surface area contributed by atoms with Crippen molar-refractivity contribution in [2.24, 2.45) is 0 Å². The molecule has 0 aliphatic rings. The third-order valence-electron chi connectivity index (χ3n) is 4.31. The molecule has 2 heterocycles. The fraction of sp³-hybridized carbons (Fsp3) is 0.136. The molecule has 0 atom stereocenters. The van der Waals surface area contributed by atoms with Gasteiger partial charge in [-0.25, -0.2) is 9.37 Å². The molecule has 0 saturated heterocycles. The molecule has 5 nitrogen and oxygen atoms in total. The summed E-state index contributed by atoms with van der Waals surface area (Å²) in [5.41, 5.74) is 1.51. The zero-order valence-corrected chi connectivity index (χ0v) is 16.5. The van der Waals surface area contributed by atoms with E-state index in [9.17, 15) is 9.18 Å². The maximum Gasteiger partial charge on any atom is 0.263 e. The van der Waals surface area contributed by atoms with E-state index in [0.717, 1.165) is 10.3 Å². The highest BCUT2D eigenvalue weighted by molar-refractivity contribution is 7.22. The lowest BCUT2D eigenvalue weighted by molar-refractivity contribution is 0.0981. The topological polar surface area (TPSA) is 55.3 Å². The van der Waals surface area contributed by atoms with Crippen LogP contribution in [0, 0.1) is 5.82 Å². The highest BCUT2D eigenvalue weighted by Crippen LogP contribution is 2.35. The first-order valence-electron chi connectivity index (χ1n) is 9.15. The zero-order valence-electron chi connectivity index (χ0n) is 15.7. The summed E-state index contributed by atoms with van der Waals surface area (Å²) in [6.45, 7) is 2.65. The molecule has 7 heteroatoms. The van der Waals surface area contributed by atoms with E-state index in [1.807, 2.05) is 31.2 Å². The zero-order chi connectivity index (χ0) is 20.2. The van der Waals surface area contributed by atoms with Crippen LogP contribution in [-0.4, -0.2) is 22.5 Å². The number of amides is 1. The van der Waals surface area contributed by atoms with Crippen LogP contribution >= 0.6 is 11.3 Å². The first kappa shape index (κ1) is 19.0. The highest BCUT2D eigenvalue weighted by Gasteiger charge is 2.24. The van der Waals surface area contributed by atoms with Crippen molar-refractivity contribution in [1.82, 2.24) is 9.97 Å². The van der Waals surface area contributed by atoms with E-state index in [0.29, 0.717) is 23.0 Å². The van der Waals surface area contributed by atoms with Gasteiger partial charge in [-0.2, -0.15) is 0 Å². The number of ether oxygens (including phenoxy) is 1. The van der Waals surface area contributed by atoms with Crippen molar-refractivity contribution >= 4 is 32.6 Å². The van der Waals surface area contributed by atoms with Gasteiger partial charge in [0.25, 0.3) is 5.91 Å². The van der Waals surface area contributed by atoms with Gasteiger partial charge < -0.3 is 4.74 Å². The summed E-state index contributed by atoms with van der Waals surface area (Å²) in [5.74, 6) is -0.360. The van der Waals surface area contributed by atoms with Crippen LogP contribution in [-0.2, 0) is 6.54 Å². The number of benzene rings is 2. The smallest absolute Gasteiger partial charge is 0.263 e. The van der Waals surface area contributed by atoms with Crippen LogP contribution in [0.2, 0.25) is 0 Å². The summed E-state index contributed by atoms with van der Waals surface area (Å²) in [5, 5.41) is 0.476. The van der Waals surface area contributed by atoms with Gasteiger partial charge in [-0.05, 0) is 42.8 Å². The lowest BCUT2D eigenvalue weighted by Crippen LogP contribution is -2.31. The van der Waals surface area contributed by atoms with Crippen molar-refractivity contribution in [3.8, 4) is 5.75 Å². The summed E-state index contributed by atoms with van der Waals surface area (Å²) in [6.07, 6.45) is 3.35. The van der Waals surface area contributed by atoms with E-state index in [1.54, 1.807) is 30.6 Å². The number of thiazole rings is 1. The second kappa shape index (κ2) is 8.36. The number of fused-ring (bicyclic) bond motifs is 1. The van der Waals surface area contributed by atoms with Crippen molar-refractivity contribution in [2.45, 2.75) is 13.5 Å². The number of aromatic nitrogens is 2. The quantitative estimate of drug-likeness (QED) is 0.447. The van der Waals surface area contributed by atoms with Gasteiger partial charge in [0, 0.05) is 12.4 Å². The average Bonchev–Trinajstić information content (AvgIpc) is 3.18. The molecule has 0 spiro atoms. The van der Waals surface area contributed by atoms with Crippen LogP contribution in [0.1, 0.15) is 22.8 Å². The van der Waals surface area contributed by atoms with E-state index in [4.69, 9.17) is 4.74 Å². The number of anilines is 1. The normalized spacial score (nSPS) is 10.8. The molecule has 4 rings (SSSR count). The van der Waals surface area contributed by atoms with Gasteiger partial charge in [-0.3, -0.25) is 14.7 Å².